The van der Waals surface area contributed by atoms with Crippen LogP contribution in [0.4, 0.5) is 13.2 Å². The Morgan fingerprint density at radius 2 is 1.71 bits per heavy atom. The molecular weight excluding hydrogens is 485 g/mol. The van der Waals surface area contributed by atoms with Gasteiger partial charge in [-0.15, -0.1) is 0 Å². The van der Waals surface area contributed by atoms with Crippen molar-refractivity contribution in [3.05, 3.63) is 76.0 Å². The van der Waals surface area contributed by atoms with Crippen molar-refractivity contribution < 1.29 is 35.9 Å². The Hall–Kier alpha value is -3.47. The molecule has 3 rings (SSSR count). The second-order valence-corrected chi connectivity index (χ2v) is 9.88. The Labute approximate surface area is 200 Å². The van der Waals surface area contributed by atoms with E-state index in [1.165, 1.54) is 11.6 Å². The number of carbonyl (C=O) groups is 2. The molecule has 0 saturated carbocycles. The first-order valence-electron chi connectivity index (χ1n) is 10.5. The second-order valence-electron chi connectivity index (χ2n) is 7.93. The molecule has 35 heavy (non-hydrogen) atoms. The molecule has 0 unspecified atom stereocenters. The minimum Gasteiger partial charge on any atom is -0.469 e. The molecule has 0 saturated heterocycles. The third kappa shape index (κ3) is 5.29. The molecule has 0 aliphatic rings. The van der Waals surface area contributed by atoms with Crippen LogP contribution in [0.2, 0.25) is 0 Å². The number of carbonyl (C=O) groups excluding carboxylic acids is 2. The van der Waals surface area contributed by atoms with E-state index in [1.54, 1.807) is 37.3 Å². The van der Waals surface area contributed by atoms with Crippen LogP contribution in [0, 0.1) is 13.8 Å². The molecule has 0 amide bonds. The fraction of sp³-hybridized carbons (Fsp3) is 0.292. The van der Waals surface area contributed by atoms with Gasteiger partial charge in [0.15, 0.2) is 22.2 Å². The van der Waals surface area contributed by atoms with Crippen molar-refractivity contribution in [2.45, 2.75) is 38.4 Å². The molecule has 0 atom stereocenters. The molecule has 0 aliphatic carbocycles. The molecule has 11 heteroatoms. The monoisotopic (exact) mass is 508 g/mol. The number of rotatable bonds is 8. The van der Waals surface area contributed by atoms with Gasteiger partial charge in [-0.2, -0.15) is 18.3 Å². The average Bonchev–Trinajstić information content (AvgIpc) is 3.18. The lowest BCUT2D eigenvalue weighted by atomic mass is 9.93. The van der Waals surface area contributed by atoms with Crippen LogP contribution < -0.4 is 4.74 Å². The van der Waals surface area contributed by atoms with Gasteiger partial charge < -0.3 is 4.74 Å². The van der Waals surface area contributed by atoms with Gasteiger partial charge >= 0.3 is 6.18 Å². The highest BCUT2D eigenvalue weighted by Gasteiger charge is 2.40. The molecule has 2 aromatic carbocycles. The van der Waals surface area contributed by atoms with Gasteiger partial charge in [-0.1, -0.05) is 30.3 Å². The Kier molecular flexibility index (Phi) is 7.21. The molecular formula is C24H23F3N2O5S. The summed E-state index contributed by atoms with van der Waals surface area (Å²) in [7, 11) is -4.00. The van der Waals surface area contributed by atoms with Crippen LogP contribution in [0.5, 0.6) is 5.88 Å². The first-order valence-corrected chi connectivity index (χ1v) is 12.4. The third-order valence-corrected chi connectivity index (χ3v) is 6.74. The average molecular weight is 509 g/mol. The fourth-order valence-corrected chi connectivity index (χ4v) is 5.28. The van der Waals surface area contributed by atoms with E-state index in [4.69, 9.17) is 4.74 Å². The van der Waals surface area contributed by atoms with Crippen molar-refractivity contribution in [2.24, 2.45) is 0 Å². The predicted octanol–water partition coefficient (Wildman–Crippen LogP) is 4.43. The number of sulfone groups is 1. The number of hydrogen-bond acceptors (Lipinski definition) is 6. The number of aryl methyl sites for hydroxylation is 2. The number of alkyl halides is 3. The SMILES string of the molecule is CCn1ncc(C(=O)c2cc(C)c(S(C)(=O)=O)c(C)c2C(F)(F)F)c1OCC(=O)c1ccccc1. The van der Waals surface area contributed by atoms with Crippen molar-refractivity contribution in [1.82, 2.24) is 9.78 Å². The van der Waals surface area contributed by atoms with Crippen molar-refractivity contribution in [2.75, 3.05) is 12.9 Å². The van der Waals surface area contributed by atoms with Gasteiger partial charge in [0.1, 0.15) is 5.56 Å². The fourth-order valence-electron chi connectivity index (χ4n) is 3.97. The van der Waals surface area contributed by atoms with Gasteiger partial charge in [-0.25, -0.2) is 13.1 Å². The molecule has 0 aliphatic heterocycles. The Balaban J connectivity index is 2.10. The van der Waals surface area contributed by atoms with Crippen molar-refractivity contribution in [3.8, 4) is 5.88 Å². The highest BCUT2D eigenvalue weighted by atomic mass is 32.2. The summed E-state index contributed by atoms with van der Waals surface area (Å²) in [5, 5.41) is 4.01. The van der Waals surface area contributed by atoms with Crippen molar-refractivity contribution >= 4 is 21.4 Å². The van der Waals surface area contributed by atoms with E-state index in [9.17, 15) is 31.2 Å². The Morgan fingerprint density at radius 3 is 2.26 bits per heavy atom. The van der Waals surface area contributed by atoms with Gasteiger partial charge in [0.05, 0.1) is 16.7 Å². The van der Waals surface area contributed by atoms with Gasteiger partial charge in [0.25, 0.3) is 0 Å². The molecule has 0 N–H and O–H groups in total. The van der Waals surface area contributed by atoms with E-state index in [2.05, 4.69) is 5.10 Å². The molecule has 7 nitrogen and oxygen atoms in total. The third-order valence-electron chi connectivity index (χ3n) is 5.37. The molecule has 3 aromatic rings. The van der Waals surface area contributed by atoms with Crippen LogP contribution in [0.15, 0.2) is 47.5 Å². The summed E-state index contributed by atoms with van der Waals surface area (Å²) < 4.78 is 73.3. The minimum atomic E-state index is -5.01. The summed E-state index contributed by atoms with van der Waals surface area (Å²) in [6, 6.07) is 9.15. The first-order chi connectivity index (χ1) is 16.3. The number of ether oxygens (including phenoxy) is 1. The van der Waals surface area contributed by atoms with Gasteiger partial charge in [-0.05, 0) is 38.0 Å². The summed E-state index contributed by atoms with van der Waals surface area (Å²) in [4.78, 5) is 25.4. The minimum absolute atomic E-state index is 0.00552. The van der Waals surface area contributed by atoms with E-state index in [1.807, 2.05) is 0 Å². The zero-order chi connectivity index (χ0) is 26.1. The van der Waals surface area contributed by atoms with Crippen LogP contribution in [0.1, 0.15) is 49.9 Å². The van der Waals surface area contributed by atoms with Gasteiger partial charge in [0, 0.05) is 23.9 Å². The summed E-state index contributed by atoms with van der Waals surface area (Å²) in [6.45, 7) is 3.79. The van der Waals surface area contributed by atoms with Gasteiger partial charge in [0.2, 0.25) is 11.7 Å². The molecule has 0 spiro atoms. The normalized spacial score (nSPS) is 12.0. The summed E-state index contributed by atoms with van der Waals surface area (Å²) in [6.07, 6.45) is -3.12. The maximum Gasteiger partial charge on any atom is 0.417 e. The van der Waals surface area contributed by atoms with Crippen LogP contribution in [-0.4, -0.2) is 42.6 Å². The lowest BCUT2D eigenvalue weighted by molar-refractivity contribution is -0.138. The Bertz CT molecular complexity index is 1390. The summed E-state index contributed by atoms with van der Waals surface area (Å²) in [5.74, 6) is -1.60. The van der Waals surface area contributed by atoms with Crippen LogP contribution >= 0.6 is 0 Å². The predicted molar refractivity (Wildman–Crippen MR) is 122 cm³/mol. The largest absolute Gasteiger partial charge is 0.469 e. The van der Waals surface area contributed by atoms with Crippen LogP contribution in [0.25, 0.3) is 0 Å². The first kappa shape index (κ1) is 26.1. The maximum absolute atomic E-state index is 14.1. The van der Waals surface area contributed by atoms with E-state index < -0.39 is 55.8 Å². The molecule has 0 fully saturated rings. The lowest BCUT2D eigenvalue weighted by Crippen LogP contribution is -2.20. The number of Topliss-reactive ketones (excluding diaryl/α,β-unsaturated/α-hetero) is 1. The smallest absolute Gasteiger partial charge is 0.417 e. The standard InChI is InChI=1S/C24H23F3N2O5S/c1-5-29-23(34-13-19(30)16-9-7-6-8-10-16)18(12-28-29)21(31)17-11-14(2)22(35(4,32)33)15(3)20(17)24(25,26)27/h6-12H,5,13H2,1-4H3. The molecule has 186 valence electrons. The quantitative estimate of drug-likeness (QED) is 0.418. The van der Waals surface area contributed by atoms with Crippen molar-refractivity contribution in [3.63, 3.8) is 0 Å². The number of aromatic nitrogens is 2. The number of ketones is 2. The summed E-state index contributed by atoms with van der Waals surface area (Å²) >= 11 is 0. The zero-order valence-corrected chi connectivity index (χ0v) is 20.2. The molecule has 0 radical (unpaired) electrons. The van der Waals surface area contributed by atoms with E-state index in [0.717, 1.165) is 25.4 Å². The summed E-state index contributed by atoms with van der Waals surface area (Å²) in [5.41, 5.74) is -2.54. The van der Waals surface area contributed by atoms with Crippen LogP contribution in [0.3, 0.4) is 0 Å². The van der Waals surface area contributed by atoms with E-state index in [0.29, 0.717) is 5.56 Å². The molecule has 1 aromatic heterocycles. The van der Waals surface area contributed by atoms with E-state index >= 15 is 0 Å². The zero-order valence-electron chi connectivity index (χ0n) is 19.4. The van der Waals surface area contributed by atoms with Gasteiger partial charge in [-0.3, -0.25) is 9.59 Å². The number of halogens is 3. The highest BCUT2D eigenvalue weighted by molar-refractivity contribution is 7.90. The Morgan fingerprint density at radius 1 is 1.09 bits per heavy atom. The topological polar surface area (TPSA) is 95.3 Å². The van der Waals surface area contributed by atoms with E-state index in [-0.39, 0.29) is 23.6 Å². The van der Waals surface area contributed by atoms with Crippen molar-refractivity contribution in [1.29, 1.82) is 0 Å². The highest BCUT2D eigenvalue weighted by Crippen LogP contribution is 2.40. The number of benzene rings is 2. The molecule has 1 heterocycles. The number of hydrogen-bond donors (Lipinski definition) is 0. The van der Waals surface area contributed by atoms with Crippen LogP contribution in [-0.2, 0) is 22.6 Å². The maximum atomic E-state index is 14.1. The number of nitrogens with zero attached hydrogens (tertiary/aromatic N) is 2. The second kappa shape index (κ2) is 9.65. The molecule has 0 bridgehead atoms. The lowest BCUT2D eigenvalue weighted by Gasteiger charge is -2.19.